The van der Waals surface area contributed by atoms with E-state index < -0.39 is 0 Å². The van der Waals surface area contributed by atoms with Crippen LogP contribution in [0.25, 0.3) is 0 Å². The van der Waals surface area contributed by atoms with Gasteiger partial charge in [0.15, 0.2) is 0 Å². The third kappa shape index (κ3) is 4.77. The van der Waals surface area contributed by atoms with Crippen molar-refractivity contribution in [2.24, 2.45) is 5.92 Å². The minimum Gasteiger partial charge on any atom is -0.301 e. The monoisotopic (exact) mass is 263 g/mol. The Kier molecular flexibility index (Phi) is 6.05. The number of thiol groups is 1. The number of hydrogen-bond acceptors (Lipinski definition) is 3. The van der Waals surface area contributed by atoms with Crippen LogP contribution in [0.2, 0.25) is 4.34 Å². The Morgan fingerprint density at radius 1 is 1.53 bits per heavy atom. The van der Waals surface area contributed by atoms with Gasteiger partial charge < -0.3 is 4.90 Å². The lowest BCUT2D eigenvalue weighted by Crippen LogP contribution is -2.25. The van der Waals surface area contributed by atoms with Gasteiger partial charge in [-0.3, -0.25) is 0 Å². The summed E-state index contributed by atoms with van der Waals surface area (Å²) in [6.45, 7) is 4.31. The van der Waals surface area contributed by atoms with E-state index in [4.69, 9.17) is 11.6 Å². The summed E-state index contributed by atoms with van der Waals surface area (Å²) < 4.78 is 0.875. The first-order valence-electron chi connectivity index (χ1n) is 5.19. The molecule has 0 spiro atoms. The zero-order chi connectivity index (χ0) is 11.3. The van der Waals surface area contributed by atoms with Crippen molar-refractivity contribution in [1.29, 1.82) is 0 Å². The molecule has 0 fully saturated rings. The standard InChI is InChI=1S/C11H18ClNS2/c1-3-9(8-14)6-13(2)7-10-4-5-11(12)15-10/h4-5,9,14H,3,6-8H2,1-2H3. The molecule has 0 aliphatic rings. The second-order valence-corrected chi connectivity index (χ2v) is 6.02. The average Bonchev–Trinajstić information content (AvgIpc) is 2.60. The van der Waals surface area contributed by atoms with E-state index >= 15 is 0 Å². The van der Waals surface area contributed by atoms with E-state index in [9.17, 15) is 0 Å². The van der Waals surface area contributed by atoms with Crippen molar-refractivity contribution in [2.45, 2.75) is 19.9 Å². The van der Waals surface area contributed by atoms with Crippen LogP contribution in [0.15, 0.2) is 12.1 Å². The third-order valence-corrected chi connectivity index (χ3v) is 4.19. The quantitative estimate of drug-likeness (QED) is 0.765. The fourth-order valence-electron chi connectivity index (χ4n) is 1.52. The van der Waals surface area contributed by atoms with Gasteiger partial charge >= 0.3 is 0 Å². The Hall–Kier alpha value is 0.300. The lowest BCUT2D eigenvalue weighted by Gasteiger charge is -2.21. The van der Waals surface area contributed by atoms with Gasteiger partial charge in [0.1, 0.15) is 0 Å². The van der Waals surface area contributed by atoms with Crippen molar-refractivity contribution in [3.63, 3.8) is 0 Å². The molecule has 0 aliphatic carbocycles. The number of rotatable bonds is 6. The Morgan fingerprint density at radius 3 is 2.73 bits per heavy atom. The molecule has 0 N–H and O–H groups in total. The van der Waals surface area contributed by atoms with Gasteiger partial charge in [0.2, 0.25) is 0 Å². The first-order valence-corrected chi connectivity index (χ1v) is 7.02. The molecule has 1 aromatic rings. The molecule has 1 aromatic heterocycles. The van der Waals surface area contributed by atoms with E-state index in [2.05, 4.69) is 37.6 Å². The van der Waals surface area contributed by atoms with Crippen LogP contribution in [0.4, 0.5) is 0 Å². The predicted octanol–water partition coefficient (Wildman–Crippen LogP) is 3.79. The van der Waals surface area contributed by atoms with Crippen LogP contribution in [0, 0.1) is 5.92 Å². The predicted molar refractivity (Wildman–Crippen MR) is 73.3 cm³/mol. The SMILES string of the molecule is CCC(CS)CN(C)Cc1ccc(Cl)s1. The van der Waals surface area contributed by atoms with E-state index in [-0.39, 0.29) is 0 Å². The molecule has 15 heavy (non-hydrogen) atoms. The summed E-state index contributed by atoms with van der Waals surface area (Å²) in [6.07, 6.45) is 1.19. The molecule has 1 rings (SSSR count). The summed E-state index contributed by atoms with van der Waals surface area (Å²) >= 11 is 11.9. The Morgan fingerprint density at radius 2 is 2.27 bits per heavy atom. The molecule has 1 heterocycles. The summed E-state index contributed by atoms with van der Waals surface area (Å²) in [5, 5.41) is 0. The Bertz CT molecular complexity index is 284. The molecule has 0 saturated carbocycles. The molecule has 0 amide bonds. The third-order valence-electron chi connectivity index (χ3n) is 2.46. The fourth-order valence-corrected chi connectivity index (χ4v) is 3.07. The minimum atomic E-state index is 0.689. The molecule has 0 bridgehead atoms. The van der Waals surface area contributed by atoms with Gasteiger partial charge in [0.25, 0.3) is 0 Å². The van der Waals surface area contributed by atoms with Gasteiger partial charge in [-0.1, -0.05) is 24.9 Å². The summed E-state index contributed by atoms with van der Waals surface area (Å²) in [5.74, 6) is 1.65. The highest BCUT2D eigenvalue weighted by atomic mass is 35.5. The van der Waals surface area contributed by atoms with Crippen LogP contribution in [-0.4, -0.2) is 24.2 Å². The van der Waals surface area contributed by atoms with Gasteiger partial charge in [0, 0.05) is 18.0 Å². The highest BCUT2D eigenvalue weighted by molar-refractivity contribution is 7.80. The number of thiophene rings is 1. The second kappa shape index (κ2) is 6.79. The molecule has 0 aromatic carbocycles. The van der Waals surface area contributed by atoms with Crippen LogP contribution < -0.4 is 0 Å². The summed E-state index contributed by atoms with van der Waals surface area (Å²) in [4.78, 5) is 3.67. The topological polar surface area (TPSA) is 3.24 Å². The van der Waals surface area contributed by atoms with E-state index in [1.165, 1.54) is 11.3 Å². The molecule has 86 valence electrons. The van der Waals surface area contributed by atoms with Gasteiger partial charge in [-0.2, -0.15) is 12.6 Å². The molecule has 0 aliphatic heterocycles. The Balaban J connectivity index is 2.38. The number of hydrogen-bond donors (Lipinski definition) is 1. The molecule has 0 saturated heterocycles. The van der Waals surface area contributed by atoms with Crippen molar-refractivity contribution in [1.82, 2.24) is 4.90 Å². The van der Waals surface area contributed by atoms with Crippen LogP contribution in [0.5, 0.6) is 0 Å². The first-order chi connectivity index (χ1) is 7.15. The lowest BCUT2D eigenvalue weighted by atomic mass is 10.1. The van der Waals surface area contributed by atoms with E-state index in [1.807, 2.05) is 6.07 Å². The average molecular weight is 264 g/mol. The number of halogens is 1. The molecule has 1 nitrogen and oxygen atoms in total. The van der Waals surface area contributed by atoms with Crippen LogP contribution >= 0.6 is 35.6 Å². The number of nitrogens with zero attached hydrogens (tertiary/aromatic N) is 1. The van der Waals surface area contributed by atoms with Crippen molar-refractivity contribution in [3.05, 3.63) is 21.3 Å². The van der Waals surface area contributed by atoms with Gasteiger partial charge in [0.05, 0.1) is 4.34 Å². The van der Waals surface area contributed by atoms with E-state index in [1.54, 1.807) is 11.3 Å². The summed E-state index contributed by atoms with van der Waals surface area (Å²) in [5.41, 5.74) is 0. The van der Waals surface area contributed by atoms with Crippen molar-refractivity contribution in [2.75, 3.05) is 19.3 Å². The lowest BCUT2D eigenvalue weighted by molar-refractivity contribution is 0.280. The van der Waals surface area contributed by atoms with E-state index in [0.717, 1.165) is 23.2 Å². The smallest absolute Gasteiger partial charge is 0.0931 e. The van der Waals surface area contributed by atoms with Crippen molar-refractivity contribution >= 4 is 35.6 Å². The normalized spacial score (nSPS) is 13.4. The van der Waals surface area contributed by atoms with Crippen molar-refractivity contribution in [3.8, 4) is 0 Å². The molecule has 0 radical (unpaired) electrons. The zero-order valence-electron chi connectivity index (χ0n) is 9.24. The maximum atomic E-state index is 5.89. The second-order valence-electron chi connectivity index (χ2n) is 3.86. The Labute approximate surface area is 107 Å². The molecular formula is C11H18ClNS2. The molecular weight excluding hydrogens is 246 g/mol. The van der Waals surface area contributed by atoms with Gasteiger partial charge in [-0.25, -0.2) is 0 Å². The highest BCUT2D eigenvalue weighted by Gasteiger charge is 2.09. The van der Waals surface area contributed by atoms with E-state index in [0.29, 0.717) is 5.92 Å². The van der Waals surface area contributed by atoms with Gasteiger partial charge in [-0.15, -0.1) is 11.3 Å². The van der Waals surface area contributed by atoms with Crippen LogP contribution in [0.1, 0.15) is 18.2 Å². The maximum Gasteiger partial charge on any atom is 0.0931 e. The maximum absolute atomic E-state index is 5.89. The summed E-state index contributed by atoms with van der Waals surface area (Å²) in [6, 6.07) is 4.07. The minimum absolute atomic E-state index is 0.689. The molecule has 4 heteroatoms. The molecule has 1 unspecified atom stereocenters. The van der Waals surface area contributed by atoms with Crippen LogP contribution in [-0.2, 0) is 6.54 Å². The largest absolute Gasteiger partial charge is 0.301 e. The van der Waals surface area contributed by atoms with Crippen LogP contribution in [0.3, 0.4) is 0 Å². The summed E-state index contributed by atoms with van der Waals surface area (Å²) in [7, 11) is 2.15. The van der Waals surface area contributed by atoms with Gasteiger partial charge in [-0.05, 0) is 30.9 Å². The first kappa shape index (κ1) is 13.4. The highest BCUT2D eigenvalue weighted by Crippen LogP contribution is 2.22. The van der Waals surface area contributed by atoms with Crippen molar-refractivity contribution < 1.29 is 0 Å². The molecule has 1 atom stereocenters. The fraction of sp³-hybridized carbons (Fsp3) is 0.636. The zero-order valence-corrected chi connectivity index (χ0v) is 11.7.